The summed E-state index contributed by atoms with van der Waals surface area (Å²) in [5, 5.41) is 8.23. The van der Waals surface area contributed by atoms with Crippen LogP contribution in [0.3, 0.4) is 0 Å². The van der Waals surface area contributed by atoms with Crippen LogP contribution in [0.25, 0.3) is 10.2 Å². The summed E-state index contributed by atoms with van der Waals surface area (Å²) in [6.07, 6.45) is 7.58. The number of thiophene rings is 1. The normalized spacial score (nSPS) is 15.8. The van der Waals surface area contributed by atoms with Crippen LogP contribution in [-0.4, -0.2) is 47.4 Å². The second kappa shape index (κ2) is 17.9. The first kappa shape index (κ1) is 36.8. The van der Waals surface area contributed by atoms with Crippen molar-refractivity contribution in [1.29, 1.82) is 0 Å². The average Bonchev–Trinajstić information content (AvgIpc) is 3.70. The fourth-order valence-electron chi connectivity index (χ4n) is 6.58. The lowest BCUT2D eigenvalue weighted by Crippen LogP contribution is -2.42. The highest BCUT2D eigenvalue weighted by Crippen LogP contribution is 2.28. The molecule has 0 bridgehead atoms. The Kier molecular flexibility index (Phi) is 13.2. The minimum absolute atomic E-state index is 0.0314. The number of nitrogens with zero attached hydrogens (tertiary/aromatic N) is 2. The quantitative estimate of drug-likeness (QED) is 0.0712. The maximum absolute atomic E-state index is 13.6. The van der Waals surface area contributed by atoms with E-state index in [1.165, 1.54) is 24.3 Å². The van der Waals surface area contributed by atoms with Gasteiger partial charge in [0.2, 0.25) is 11.8 Å². The topological polar surface area (TPSA) is 110 Å². The summed E-state index contributed by atoms with van der Waals surface area (Å²) < 4.78 is 21.0. The number of esters is 1. The highest BCUT2D eigenvalue weighted by molar-refractivity contribution is 7.17. The number of nitrogens with one attached hydrogen (secondary N) is 2. The van der Waals surface area contributed by atoms with Crippen molar-refractivity contribution in [2.45, 2.75) is 90.6 Å². The smallest absolute Gasteiger partial charge is 0.311 e. The number of amides is 3. The van der Waals surface area contributed by atoms with E-state index >= 15 is 0 Å². The lowest BCUT2D eigenvalue weighted by molar-refractivity contribution is -0.134. The van der Waals surface area contributed by atoms with Gasteiger partial charge in [-0.1, -0.05) is 31.4 Å². The number of unbranched alkanes of at least 4 members (excludes halogenated alkanes) is 4. The molecule has 2 aromatic carbocycles. The molecule has 1 fully saturated rings. The number of hydrogen-bond acceptors (Lipinski definition) is 6. The van der Waals surface area contributed by atoms with E-state index in [9.17, 15) is 23.6 Å². The van der Waals surface area contributed by atoms with Crippen molar-refractivity contribution < 1.29 is 28.3 Å². The van der Waals surface area contributed by atoms with E-state index in [1.54, 1.807) is 16.2 Å². The van der Waals surface area contributed by atoms with Crippen LogP contribution < -0.4 is 20.3 Å². The van der Waals surface area contributed by atoms with Crippen molar-refractivity contribution in [3.05, 3.63) is 83.1 Å². The van der Waals surface area contributed by atoms with Gasteiger partial charge in [-0.05, 0) is 112 Å². The number of aryl methyl sites for hydroxylation is 1. The van der Waals surface area contributed by atoms with E-state index in [4.69, 9.17) is 4.74 Å². The number of halogens is 1. The van der Waals surface area contributed by atoms with Crippen LogP contribution in [0.4, 0.5) is 10.1 Å². The third-order valence-electron chi connectivity index (χ3n) is 9.31. The van der Waals surface area contributed by atoms with Crippen molar-refractivity contribution >= 4 is 50.9 Å². The first-order valence-corrected chi connectivity index (χ1v) is 18.6. The Bertz CT molecular complexity index is 1760. The summed E-state index contributed by atoms with van der Waals surface area (Å²) in [6.45, 7) is 5.16. The number of ether oxygens (including phenoxy) is 1. The third kappa shape index (κ3) is 10.0. The maximum Gasteiger partial charge on any atom is 0.311 e. The summed E-state index contributed by atoms with van der Waals surface area (Å²) in [6, 6.07) is 17.1. The Morgan fingerprint density at radius 3 is 2.42 bits per heavy atom. The molecule has 0 saturated heterocycles. The van der Waals surface area contributed by atoms with Crippen molar-refractivity contribution in [1.82, 2.24) is 15.2 Å². The summed E-state index contributed by atoms with van der Waals surface area (Å²) in [7, 11) is 0. The number of aromatic nitrogens is 1. The molecule has 4 aromatic rings. The molecular formula is C39H47FN4O5S. The second-order valence-electron chi connectivity index (χ2n) is 13.0. The zero-order valence-electron chi connectivity index (χ0n) is 28.9. The Labute approximate surface area is 297 Å². The molecule has 5 rings (SSSR count). The van der Waals surface area contributed by atoms with Crippen LogP contribution in [0.15, 0.2) is 66.0 Å². The van der Waals surface area contributed by atoms with Crippen LogP contribution in [0, 0.1) is 18.7 Å². The first-order chi connectivity index (χ1) is 24.2. The number of likely N-dealkylation sites (N-methyl/N-ethyl adjacent to an activating group) is 1. The third-order valence-corrected chi connectivity index (χ3v) is 10.2. The molecular weight excluding hydrogens is 656 g/mol. The molecule has 1 aliphatic carbocycles. The van der Waals surface area contributed by atoms with Crippen molar-refractivity contribution in [2.75, 3.05) is 18.0 Å². The molecule has 9 nitrogen and oxygen atoms in total. The van der Waals surface area contributed by atoms with E-state index in [2.05, 4.69) is 10.6 Å². The van der Waals surface area contributed by atoms with Gasteiger partial charge in [-0.3, -0.25) is 19.2 Å². The number of carbonyl (C=O) groups is 4. The fourth-order valence-corrected chi connectivity index (χ4v) is 7.40. The molecule has 3 amide bonds. The van der Waals surface area contributed by atoms with Gasteiger partial charge in [-0.25, -0.2) is 4.39 Å². The number of anilines is 1. The first-order valence-electron chi connectivity index (χ1n) is 17.7. The van der Waals surface area contributed by atoms with E-state index in [-0.39, 0.29) is 48.0 Å². The minimum Gasteiger partial charge on any atom is -0.427 e. The number of fused-ring (bicyclic) bond motifs is 1. The van der Waals surface area contributed by atoms with Crippen molar-refractivity contribution in [3.8, 4) is 5.75 Å². The highest BCUT2D eigenvalue weighted by atomic mass is 32.1. The van der Waals surface area contributed by atoms with Crippen molar-refractivity contribution in [2.24, 2.45) is 5.92 Å². The molecule has 0 radical (unpaired) electrons. The standard InChI is InChI=1S/C39H47FN4O5S/c1-3-43(31-11-9-10-27(2)24-31)36(45)26-44-33-21-23-50-35(33)25-34(44)39(48)42-30-17-13-28(14-18-30)38(47)41-22-8-6-4-5-7-12-37(46)49-32-19-15-29(40)16-20-32/h9-11,15-16,19-21,23-25,28,30H,3-8,12-14,17-18,22,26H2,1-2H3,(H,41,47)(H,42,48). The number of carbonyl (C=O) groups excluding carboxylic acids is 4. The molecule has 0 unspecified atom stereocenters. The number of benzene rings is 2. The van der Waals surface area contributed by atoms with Gasteiger partial charge in [-0.2, -0.15) is 0 Å². The molecule has 2 N–H and O–H groups in total. The van der Waals surface area contributed by atoms with Gasteiger partial charge in [0.15, 0.2) is 0 Å². The van der Waals surface area contributed by atoms with Gasteiger partial charge >= 0.3 is 5.97 Å². The average molecular weight is 703 g/mol. The minimum atomic E-state index is -0.373. The van der Waals surface area contributed by atoms with Crippen molar-refractivity contribution in [3.63, 3.8) is 0 Å². The SMILES string of the molecule is CCN(C(=O)Cn1c(C(=O)NC2CCC(C(=O)NCCCCCCCC(=O)Oc3ccc(F)cc3)CC2)cc2sccc21)c1cccc(C)c1. The molecule has 266 valence electrons. The fraction of sp³-hybridized carbons (Fsp3) is 0.436. The van der Waals surface area contributed by atoms with E-state index in [0.717, 1.165) is 66.4 Å². The summed E-state index contributed by atoms with van der Waals surface area (Å²) >= 11 is 1.55. The van der Waals surface area contributed by atoms with Gasteiger partial charge in [-0.15, -0.1) is 11.3 Å². The Hall–Kier alpha value is -4.51. The van der Waals surface area contributed by atoms with Crippen LogP contribution >= 0.6 is 11.3 Å². The molecule has 0 aliphatic heterocycles. The second-order valence-corrected chi connectivity index (χ2v) is 14.0. The highest BCUT2D eigenvalue weighted by Gasteiger charge is 2.29. The Morgan fingerprint density at radius 1 is 0.940 bits per heavy atom. The number of hydrogen-bond donors (Lipinski definition) is 2. The molecule has 1 saturated carbocycles. The van der Waals surface area contributed by atoms with Gasteiger partial charge in [0, 0.05) is 37.2 Å². The lowest BCUT2D eigenvalue weighted by atomic mass is 9.85. The predicted molar refractivity (Wildman–Crippen MR) is 195 cm³/mol. The zero-order chi connectivity index (χ0) is 35.5. The molecule has 0 atom stereocenters. The van der Waals surface area contributed by atoms with Crippen LogP contribution in [0.1, 0.15) is 87.2 Å². The lowest BCUT2D eigenvalue weighted by Gasteiger charge is -2.28. The molecule has 2 heterocycles. The molecule has 2 aromatic heterocycles. The van der Waals surface area contributed by atoms with E-state index in [0.29, 0.717) is 43.8 Å². The monoisotopic (exact) mass is 702 g/mol. The summed E-state index contributed by atoms with van der Waals surface area (Å²) in [5.41, 5.74) is 3.27. The van der Waals surface area contributed by atoms with Gasteiger partial charge in [0.05, 0.1) is 10.2 Å². The Balaban J connectivity index is 1.00. The van der Waals surface area contributed by atoms with Gasteiger partial charge in [0.25, 0.3) is 5.91 Å². The predicted octanol–water partition coefficient (Wildman–Crippen LogP) is 7.55. The summed E-state index contributed by atoms with van der Waals surface area (Å²) in [4.78, 5) is 53.6. The maximum atomic E-state index is 13.6. The van der Waals surface area contributed by atoms with Crippen LogP contribution in [0.5, 0.6) is 5.75 Å². The van der Waals surface area contributed by atoms with Gasteiger partial charge < -0.3 is 24.8 Å². The molecule has 50 heavy (non-hydrogen) atoms. The molecule has 0 spiro atoms. The Morgan fingerprint density at radius 2 is 1.68 bits per heavy atom. The molecule has 11 heteroatoms. The van der Waals surface area contributed by atoms with E-state index < -0.39 is 0 Å². The zero-order valence-corrected chi connectivity index (χ0v) is 29.7. The van der Waals surface area contributed by atoms with Crippen LogP contribution in [0.2, 0.25) is 0 Å². The van der Waals surface area contributed by atoms with E-state index in [1.807, 2.05) is 60.2 Å². The largest absolute Gasteiger partial charge is 0.427 e. The summed E-state index contributed by atoms with van der Waals surface area (Å²) in [5.74, 6) is -0.622. The number of rotatable bonds is 16. The van der Waals surface area contributed by atoms with Gasteiger partial charge in [0.1, 0.15) is 23.8 Å². The van der Waals surface area contributed by atoms with Crippen LogP contribution in [-0.2, 0) is 20.9 Å². The molecule has 1 aliphatic rings.